The maximum Gasteiger partial charge on any atom is 0.245 e. The predicted octanol–water partition coefficient (Wildman–Crippen LogP) is 2.79. The normalized spacial score (nSPS) is 24.3. The number of hydrogen-bond acceptors (Lipinski definition) is 6. The second-order valence-corrected chi connectivity index (χ2v) is 9.85. The molecule has 2 saturated heterocycles. The van der Waals surface area contributed by atoms with Crippen LogP contribution in [0.25, 0.3) is 10.6 Å². The molecule has 0 saturated carbocycles. The molecule has 172 valence electrons. The van der Waals surface area contributed by atoms with E-state index in [4.69, 9.17) is 4.98 Å². The molecular formula is C25H28N4O3S. The standard InChI is InChI=1S/C25H28N4O3S/c1-17(29-24(31)20-9-5-6-10-21(20)25(29)32)23(30)28-13-11-27(12-14-28)15-19-16-33-22(26-19)18-7-3-2-4-8-18/h2-8,16-17,20-21H,9-15H2,1H3. The van der Waals surface area contributed by atoms with Gasteiger partial charge in [-0.1, -0.05) is 42.5 Å². The number of amides is 3. The second kappa shape index (κ2) is 9.19. The number of fused-ring (bicyclic) bond motifs is 1. The quantitative estimate of drug-likeness (QED) is 0.503. The van der Waals surface area contributed by atoms with Crippen LogP contribution in [0.5, 0.6) is 0 Å². The number of rotatable bonds is 5. The third-order valence-corrected chi connectivity index (χ3v) is 7.87. The second-order valence-electron chi connectivity index (χ2n) is 8.99. The number of benzene rings is 1. The minimum absolute atomic E-state index is 0.136. The number of aromatic nitrogens is 1. The molecule has 1 aromatic heterocycles. The highest BCUT2D eigenvalue weighted by Crippen LogP contribution is 2.36. The van der Waals surface area contributed by atoms with Gasteiger partial charge in [0, 0.05) is 43.7 Å². The first kappa shape index (κ1) is 22.0. The Labute approximate surface area is 197 Å². The summed E-state index contributed by atoms with van der Waals surface area (Å²) < 4.78 is 0. The zero-order chi connectivity index (χ0) is 22.9. The Kier molecular flexibility index (Phi) is 6.12. The van der Waals surface area contributed by atoms with Gasteiger partial charge in [-0.25, -0.2) is 4.98 Å². The fourth-order valence-corrected chi connectivity index (χ4v) is 5.85. The summed E-state index contributed by atoms with van der Waals surface area (Å²) in [5, 5.41) is 3.12. The Bertz CT molecular complexity index is 1050. The number of likely N-dealkylation sites (tertiary alicyclic amines) is 1. The Morgan fingerprint density at radius 1 is 1.03 bits per heavy atom. The number of hydrogen-bond donors (Lipinski definition) is 0. The van der Waals surface area contributed by atoms with Crippen molar-refractivity contribution in [1.29, 1.82) is 0 Å². The molecule has 2 aliphatic heterocycles. The van der Waals surface area contributed by atoms with Crippen molar-refractivity contribution in [2.24, 2.45) is 11.8 Å². The Morgan fingerprint density at radius 2 is 1.67 bits per heavy atom. The number of carbonyl (C=O) groups is 3. The van der Waals surface area contributed by atoms with Gasteiger partial charge in [0.25, 0.3) is 0 Å². The Hall–Kier alpha value is -2.84. The summed E-state index contributed by atoms with van der Waals surface area (Å²) in [5.74, 6) is -1.11. The maximum absolute atomic E-state index is 13.1. The van der Waals surface area contributed by atoms with Gasteiger partial charge in [0.2, 0.25) is 17.7 Å². The molecule has 3 unspecified atom stereocenters. The molecule has 5 rings (SSSR count). The van der Waals surface area contributed by atoms with Crippen molar-refractivity contribution in [2.75, 3.05) is 26.2 Å². The van der Waals surface area contributed by atoms with Gasteiger partial charge in [-0.05, 0) is 19.8 Å². The van der Waals surface area contributed by atoms with Crippen LogP contribution in [0, 0.1) is 11.8 Å². The van der Waals surface area contributed by atoms with Crippen molar-refractivity contribution in [3.63, 3.8) is 0 Å². The van der Waals surface area contributed by atoms with Gasteiger partial charge in [0.15, 0.2) is 0 Å². The third kappa shape index (κ3) is 4.25. The van der Waals surface area contributed by atoms with Crippen molar-refractivity contribution < 1.29 is 14.4 Å². The van der Waals surface area contributed by atoms with E-state index in [1.807, 2.05) is 30.4 Å². The van der Waals surface area contributed by atoms with E-state index in [1.54, 1.807) is 23.2 Å². The predicted molar refractivity (Wildman–Crippen MR) is 126 cm³/mol. The van der Waals surface area contributed by atoms with Gasteiger partial charge in [-0.15, -0.1) is 11.3 Å². The molecule has 3 heterocycles. The van der Waals surface area contributed by atoms with Crippen molar-refractivity contribution in [1.82, 2.24) is 19.7 Å². The average molecular weight is 465 g/mol. The number of imide groups is 1. The number of piperazine rings is 1. The molecule has 3 atom stereocenters. The molecule has 33 heavy (non-hydrogen) atoms. The highest BCUT2D eigenvalue weighted by molar-refractivity contribution is 7.13. The molecule has 2 fully saturated rings. The van der Waals surface area contributed by atoms with E-state index in [0.29, 0.717) is 25.9 Å². The molecule has 0 bridgehead atoms. The molecular weight excluding hydrogens is 436 g/mol. The first-order valence-corrected chi connectivity index (χ1v) is 12.4. The van der Waals surface area contributed by atoms with Crippen molar-refractivity contribution in [2.45, 2.75) is 32.4 Å². The first-order valence-electron chi connectivity index (χ1n) is 11.6. The van der Waals surface area contributed by atoms with Gasteiger partial charge in [-0.3, -0.25) is 24.2 Å². The lowest BCUT2D eigenvalue weighted by molar-refractivity contribution is -0.151. The van der Waals surface area contributed by atoms with Gasteiger partial charge in [0.05, 0.1) is 17.5 Å². The van der Waals surface area contributed by atoms with E-state index < -0.39 is 6.04 Å². The summed E-state index contributed by atoms with van der Waals surface area (Å²) in [6.07, 6.45) is 5.11. The molecule has 7 nitrogen and oxygen atoms in total. The summed E-state index contributed by atoms with van der Waals surface area (Å²) >= 11 is 1.65. The lowest BCUT2D eigenvalue weighted by atomic mass is 9.85. The molecule has 3 aliphatic rings. The Morgan fingerprint density at radius 3 is 2.30 bits per heavy atom. The molecule has 0 radical (unpaired) electrons. The highest BCUT2D eigenvalue weighted by atomic mass is 32.1. The van der Waals surface area contributed by atoms with Gasteiger partial charge in [-0.2, -0.15) is 0 Å². The van der Waals surface area contributed by atoms with E-state index in [0.717, 1.165) is 35.9 Å². The maximum atomic E-state index is 13.1. The lowest BCUT2D eigenvalue weighted by Crippen LogP contribution is -2.55. The molecule has 2 aromatic rings. The van der Waals surface area contributed by atoms with E-state index in [9.17, 15) is 14.4 Å². The van der Waals surface area contributed by atoms with Gasteiger partial charge >= 0.3 is 0 Å². The number of allylic oxidation sites excluding steroid dienone is 2. The first-order chi connectivity index (χ1) is 16.0. The summed E-state index contributed by atoms with van der Waals surface area (Å²) in [7, 11) is 0. The van der Waals surface area contributed by atoms with Crippen molar-refractivity contribution in [3.05, 3.63) is 53.6 Å². The van der Waals surface area contributed by atoms with Crippen LogP contribution >= 0.6 is 11.3 Å². The largest absolute Gasteiger partial charge is 0.338 e. The minimum Gasteiger partial charge on any atom is -0.338 e. The van der Waals surface area contributed by atoms with Crippen LogP contribution in [-0.4, -0.2) is 69.6 Å². The Balaban J connectivity index is 1.16. The molecule has 3 amide bonds. The van der Waals surface area contributed by atoms with E-state index in [1.165, 1.54) is 4.90 Å². The fourth-order valence-electron chi connectivity index (χ4n) is 5.03. The van der Waals surface area contributed by atoms with Crippen LogP contribution in [0.15, 0.2) is 47.9 Å². The average Bonchev–Trinajstić information content (AvgIpc) is 3.42. The number of carbonyl (C=O) groups excluding carboxylic acids is 3. The highest BCUT2D eigenvalue weighted by Gasteiger charge is 2.50. The van der Waals surface area contributed by atoms with Crippen LogP contribution in [0.1, 0.15) is 25.5 Å². The molecule has 1 aliphatic carbocycles. The lowest BCUT2D eigenvalue weighted by Gasteiger charge is -2.36. The smallest absolute Gasteiger partial charge is 0.245 e. The van der Waals surface area contributed by atoms with Crippen LogP contribution < -0.4 is 0 Å². The summed E-state index contributed by atoms with van der Waals surface area (Å²) in [4.78, 5) is 48.9. The zero-order valence-electron chi connectivity index (χ0n) is 18.7. The van der Waals surface area contributed by atoms with Crippen LogP contribution in [0.2, 0.25) is 0 Å². The summed E-state index contributed by atoms with van der Waals surface area (Å²) in [5.41, 5.74) is 2.16. The molecule has 8 heteroatoms. The minimum atomic E-state index is -0.742. The summed E-state index contributed by atoms with van der Waals surface area (Å²) in [6.45, 7) is 5.10. The number of thiazole rings is 1. The molecule has 0 spiro atoms. The monoisotopic (exact) mass is 464 g/mol. The topological polar surface area (TPSA) is 73.8 Å². The number of nitrogens with zero attached hydrogens (tertiary/aromatic N) is 4. The van der Waals surface area contributed by atoms with Crippen molar-refractivity contribution >= 4 is 29.1 Å². The van der Waals surface area contributed by atoms with Crippen molar-refractivity contribution in [3.8, 4) is 10.6 Å². The van der Waals surface area contributed by atoms with Gasteiger partial charge in [0.1, 0.15) is 11.0 Å². The zero-order valence-corrected chi connectivity index (χ0v) is 19.5. The van der Waals surface area contributed by atoms with Gasteiger partial charge < -0.3 is 4.90 Å². The molecule has 1 aromatic carbocycles. The SMILES string of the molecule is CC(C(=O)N1CCN(Cc2csc(-c3ccccc3)n2)CC1)N1C(=O)C2CC=CCC2C1=O. The van der Waals surface area contributed by atoms with Crippen LogP contribution in [0.4, 0.5) is 0 Å². The van der Waals surface area contributed by atoms with Crippen LogP contribution in [-0.2, 0) is 20.9 Å². The fraction of sp³-hybridized carbons (Fsp3) is 0.440. The van der Waals surface area contributed by atoms with Crippen LogP contribution in [0.3, 0.4) is 0 Å². The van der Waals surface area contributed by atoms with E-state index >= 15 is 0 Å². The van der Waals surface area contributed by atoms with E-state index in [-0.39, 0.29) is 29.6 Å². The third-order valence-electron chi connectivity index (χ3n) is 6.93. The molecule has 0 N–H and O–H groups in total. The summed E-state index contributed by atoms with van der Waals surface area (Å²) in [6, 6.07) is 9.42. The van der Waals surface area contributed by atoms with E-state index in [2.05, 4.69) is 22.4 Å².